The van der Waals surface area contributed by atoms with Crippen molar-refractivity contribution in [1.29, 1.82) is 0 Å². The molecule has 0 aliphatic heterocycles. The van der Waals surface area contributed by atoms with Crippen LogP contribution in [0.3, 0.4) is 0 Å². The summed E-state index contributed by atoms with van der Waals surface area (Å²) in [5.74, 6) is -2.28. The molecular formula is C86H147NO8. The number of carboxylic acids is 1. The van der Waals surface area contributed by atoms with Crippen molar-refractivity contribution in [2.75, 3.05) is 47.5 Å². The molecule has 0 aromatic rings. The number of likely N-dealkylation sites (N-methyl/N-ethyl adjacent to an activating group) is 1. The number of esters is 2. The molecule has 0 saturated carbocycles. The van der Waals surface area contributed by atoms with Gasteiger partial charge in [0.1, 0.15) is 13.2 Å². The van der Waals surface area contributed by atoms with E-state index in [1.807, 2.05) is 21.1 Å². The number of quaternary nitrogens is 1. The number of rotatable bonds is 72. The number of carbonyl (C=O) groups is 3. The molecule has 0 amide bonds. The van der Waals surface area contributed by atoms with Crippen LogP contribution < -0.4 is 5.11 Å². The SMILES string of the molecule is CC/C=C\C/C=C\C/C=C\C/C=C\C/C=C\C/C=C\C/C=C\C/C=C\CCCCCCCCCCCCCCCCCCC(=O)OC(COC(=O)CCCCCCCCCCCCCCCC/C=C\C/C=C\C/C=C\CCCCCCC)COC(OCC[N+](C)(C)C)C(=O)[O-]. The molecule has 0 aromatic heterocycles. The summed E-state index contributed by atoms with van der Waals surface area (Å²) in [6, 6.07) is 0. The van der Waals surface area contributed by atoms with E-state index in [0.717, 1.165) is 103 Å². The van der Waals surface area contributed by atoms with E-state index in [1.165, 1.54) is 199 Å². The van der Waals surface area contributed by atoms with Gasteiger partial charge in [0.2, 0.25) is 0 Å². The highest BCUT2D eigenvalue weighted by molar-refractivity contribution is 5.70. The highest BCUT2D eigenvalue weighted by Gasteiger charge is 2.22. The molecule has 0 saturated heterocycles. The Kier molecular flexibility index (Phi) is 71.6. The van der Waals surface area contributed by atoms with Gasteiger partial charge in [0.05, 0.1) is 40.3 Å². The standard InChI is InChI=1S/C86H147NO8/c1-6-8-10-12-14-16-18-20-22-24-26-28-30-32-34-36-37-38-39-40-41-42-43-44-45-46-47-49-51-53-55-57-59-61-63-65-67-69-71-73-75-77-84(89)95-82(81-94-86(85(90)91)92-79-78-87(3,4)5)80-93-83(88)76-74-72-70-68-66-64-62-60-58-56-54-52-50-48-35-33-31-29-27-25-23-21-19-17-15-13-11-9-7-2/h8,10,14,16,19-22,25-28,31-34,37-38,40-41,43-44,82,86H,6-7,9,11-13,15,17-18,23-24,29-30,35-36,39,42,45-81H2,1-5H3/b10-8-,16-14-,21-19-,22-20-,27-25-,28-26-,33-31-,34-32-,38-37-,41-40-,44-43-. The molecule has 544 valence electrons. The Morgan fingerprint density at radius 2 is 0.600 bits per heavy atom. The lowest BCUT2D eigenvalue weighted by molar-refractivity contribution is -0.870. The molecule has 0 rings (SSSR count). The fraction of sp³-hybridized carbons (Fsp3) is 0.709. The number of hydrogen-bond acceptors (Lipinski definition) is 8. The van der Waals surface area contributed by atoms with E-state index in [0.29, 0.717) is 17.4 Å². The average Bonchev–Trinajstić information content (AvgIpc) is 3.54. The molecule has 0 N–H and O–H groups in total. The van der Waals surface area contributed by atoms with Crippen LogP contribution in [0.4, 0.5) is 0 Å². The second-order valence-corrected chi connectivity index (χ2v) is 27.3. The maximum Gasteiger partial charge on any atom is 0.306 e. The Morgan fingerprint density at radius 1 is 0.326 bits per heavy atom. The number of carbonyl (C=O) groups excluding carboxylic acids is 3. The monoisotopic (exact) mass is 1320 g/mol. The van der Waals surface area contributed by atoms with E-state index < -0.39 is 24.3 Å². The molecular weight excluding hydrogens is 1170 g/mol. The molecule has 0 heterocycles. The van der Waals surface area contributed by atoms with Gasteiger partial charge in [0, 0.05) is 12.8 Å². The third-order valence-corrected chi connectivity index (χ3v) is 16.9. The highest BCUT2D eigenvalue weighted by atomic mass is 16.7. The van der Waals surface area contributed by atoms with Gasteiger partial charge in [0.25, 0.3) is 0 Å². The van der Waals surface area contributed by atoms with Crippen molar-refractivity contribution >= 4 is 17.9 Å². The number of allylic oxidation sites excluding steroid dienone is 22. The average molecular weight is 1320 g/mol. The number of aliphatic carboxylic acids is 1. The first-order valence-corrected chi connectivity index (χ1v) is 39.3. The van der Waals surface area contributed by atoms with Crippen LogP contribution in [-0.2, 0) is 33.3 Å². The van der Waals surface area contributed by atoms with Crippen molar-refractivity contribution in [2.45, 2.75) is 347 Å². The normalized spacial score (nSPS) is 13.4. The summed E-state index contributed by atoms with van der Waals surface area (Å²) >= 11 is 0. The molecule has 95 heavy (non-hydrogen) atoms. The summed E-state index contributed by atoms with van der Waals surface area (Å²) in [6.45, 7) is 4.65. The molecule has 0 aromatic carbocycles. The minimum absolute atomic E-state index is 0.144. The van der Waals surface area contributed by atoms with Gasteiger partial charge in [-0.2, -0.15) is 0 Å². The van der Waals surface area contributed by atoms with E-state index in [-0.39, 0.29) is 38.6 Å². The zero-order valence-electron chi connectivity index (χ0n) is 62.3. The summed E-state index contributed by atoms with van der Waals surface area (Å²) in [5.41, 5.74) is 0. The van der Waals surface area contributed by atoms with Crippen molar-refractivity contribution in [1.82, 2.24) is 0 Å². The topological polar surface area (TPSA) is 111 Å². The van der Waals surface area contributed by atoms with Crippen LogP contribution in [0.1, 0.15) is 335 Å². The third-order valence-electron chi connectivity index (χ3n) is 16.9. The van der Waals surface area contributed by atoms with Crippen molar-refractivity contribution in [3.8, 4) is 0 Å². The van der Waals surface area contributed by atoms with Crippen LogP contribution in [0.2, 0.25) is 0 Å². The quantitative estimate of drug-likeness (QED) is 0.0195. The predicted molar refractivity (Wildman–Crippen MR) is 407 cm³/mol. The van der Waals surface area contributed by atoms with Crippen LogP contribution in [0, 0.1) is 0 Å². The Hall–Kier alpha value is -4.57. The molecule has 9 heteroatoms. The van der Waals surface area contributed by atoms with Crippen molar-refractivity contribution < 1.29 is 42.9 Å². The lowest BCUT2D eigenvalue weighted by Crippen LogP contribution is -2.44. The van der Waals surface area contributed by atoms with Gasteiger partial charge in [0.15, 0.2) is 12.4 Å². The summed E-state index contributed by atoms with van der Waals surface area (Å²) in [7, 11) is 5.94. The molecule has 0 radical (unpaired) electrons. The number of carboxylic acid groups (broad SMARTS) is 1. The molecule has 0 fully saturated rings. The maximum atomic E-state index is 13.0. The number of unbranched alkanes of at least 4 members (excludes halogenated alkanes) is 35. The van der Waals surface area contributed by atoms with Crippen molar-refractivity contribution in [3.63, 3.8) is 0 Å². The van der Waals surface area contributed by atoms with E-state index in [1.54, 1.807) is 0 Å². The van der Waals surface area contributed by atoms with Gasteiger partial charge in [-0.25, -0.2) is 0 Å². The number of nitrogens with zero attached hydrogens (tertiary/aromatic N) is 1. The first-order valence-electron chi connectivity index (χ1n) is 39.3. The van der Waals surface area contributed by atoms with Crippen LogP contribution in [-0.4, -0.2) is 82.3 Å². The lowest BCUT2D eigenvalue weighted by atomic mass is 10.0. The van der Waals surface area contributed by atoms with Gasteiger partial charge in [-0.15, -0.1) is 0 Å². The van der Waals surface area contributed by atoms with Gasteiger partial charge in [-0.05, 0) is 116 Å². The molecule has 2 unspecified atom stereocenters. The Balaban J connectivity index is 4.05. The van der Waals surface area contributed by atoms with Crippen molar-refractivity contribution in [3.05, 3.63) is 134 Å². The van der Waals surface area contributed by atoms with Gasteiger partial charge in [-0.3, -0.25) is 9.59 Å². The van der Waals surface area contributed by atoms with Crippen LogP contribution in [0.15, 0.2) is 134 Å². The van der Waals surface area contributed by atoms with Gasteiger partial charge >= 0.3 is 11.9 Å². The fourth-order valence-electron chi connectivity index (χ4n) is 10.9. The second-order valence-electron chi connectivity index (χ2n) is 27.3. The molecule has 0 aliphatic carbocycles. The number of hydrogen-bond donors (Lipinski definition) is 0. The minimum atomic E-state index is -1.63. The molecule has 0 spiro atoms. The Labute approximate surface area is 586 Å². The van der Waals surface area contributed by atoms with Crippen LogP contribution in [0.5, 0.6) is 0 Å². The summed E-state index contributed by atoms with van der Waals surface area (Å²) < 4.78 is 22.9. The van der Waals surface area contributed by atoms with Crippen LogP contribution in [0.25, 0.3) is 0 Å². The molecule has 2 atom stereocenters. The molecule has 0 bridgehead atoms. The second kappa shape index (κ2) is 75.2. The zero-order chi connectivity index (χ0) is 69.0. The zero-order valence-corrected chi connectivity index (χ0v) is 62.3. The fourth-order valence-corrected chi connectivity index (χ4v) is 10.9. The summed E-state index contributed by atoms with van der Waals surface area (Å²) in [6.07, 6.45) is 106. The van der Waals surface area contributed by atoms with E-state index in [4.69, 9.17) is 18.9 Å². The largest absolute Gasteiger partial charge is 0.545 e. The van der Waals surface area contributed by atoms with Crippen LogP contribution >= 0.6 is 0 Å². The smallest absolute Gasteiger partial charge is 0.306 e. The van der Waals surface area contributed by atoms with E-state index in [2.05, 4.69) is 148 Å². The Bertz CT molecular complexity index is 2030. The third kappa shape index (κ3) is 76.7. The minimum Gasteiger partial charge on any atom is -0.545 e. The van der Waals surface area contributed by atoms with E-state index >= 15 is 0 Å². The van der Waals surface area contributed by atoms with E-state index in [9.17, 15) is 19.5 Å². The Morgan fingerprint density at radius 3 is 0.895 bits per heavy atom. The molecule has 9 nitrogen and oxygen atoms in total. The first kappa shape index (κ1) is 90.4. The maximum absolute atomic E-state index is 13.0. The summed E-state index contributed by atoms with van der Waals surface area (Å²) in [5, 5.41) is 11.9. The first-order chi connectivity index (χ1) is 46.6. The predicted octanol–water partition coefficient (Wildman–Crippen LogP) is 23.9. The lowest BCUT2D eigenvalue weighted by Gasteiger charge is -2.26. The molecule has 0 aliphatic rings. The number of ether oxygens (including phenoxy) is 4. The summed E-state index contributed by atoms with van der Waals surface area (Å²) in [4.78, 5) is 37.6. The van der Waals surface area contributed by atoms with Crippen molar-refractivity contribution in [2.24, 2.45) is 0 Å². The highest BCUT2D eigenvalue weighted by Crippen LogP contribution is 2.18. The van der Waals surface area contributed by atoms with Gasteiger partial charge in [-0.1, -0.05) is 340 Å². The van der Waals surface area contributed by atoms with Gasteiger partial charge < -0.3 is 33.3 Å².